The molecule has 0 heterocycles. The average Bonchev–Trinajstić information content (AvgIpc) is 2.93. The largest absolute Gasteiger partial charge is 0.497 e. The van der Waals surface area contributed by atoms with Crippen molar-refractivity contribution in [3.8, 4) is 11.5 Å². The van der Waals surface area contributed by atoms with Gasteiger partial charge >= 0.3 is 5.97 Å². The Bertz CT molecular complexity index is 1100. The second-order valence-electron chi connectivity index (χ2n) is 7.73. The molecule has 0 radical (unpaired) electrons. The lowest BCUT2D eigenvalue weighted by atomic mass is 9.98. The number of carbonyl (C=O) groups is 3. The molecular weight excluding hydrogens is 464 g/mol. The second kappa shape index (κ2) is 12.9. The lowest BCUT2D eigenvalue weighted by Gasteiger charge is -2.21. The number of aliphatic hydroxyl groups is 1. The van der Waals surface area contributed by atoms with Gasteiger partial charge in [-0.3, -0.25) is 9.59 Å². The molecule has 9 heteroatoms. The van der Waals surface area contributed by atoms with E-state index in [0.717, 1.165) is 11.1 Å². The smallest absolute Gasteiger partial charge is 0.331 e. The van der Waals surface area contributed by atoms with E-state index in [0.29, 0.717) is 17.1 Å². The molecule has 0 saturated heterocycles. The fourth-order valence-electron chi connectivity index (χ4n) is 3.40. The van der Waals surface area contributed by atoms with Crippen molar-refractivity contribution < 1.29 is 33.7 Å². The highest BCUT2D eigenvalue weighted by atomic mass is 16.5. The molecule has 36 heavy (non-hydrogen) atoms. The first-order valence-corrected chi connectivity index (χ1v) is 11.2. The van der Waals surface area contributed by atoms with Gasteiger partial charge in [0.05, 0.1) is 26.9 Å². The van der Waals surface area contributed by atoms with Gasteiger partial charge in [-0.05, 0) is 47.5 Å². The lowest BCUT2D eigenvalue weighted by Crippen LogP contribution is -2.45. The summed E-state index contributed by atoms with van der Waals surface area (Å²) < 4.78 is 15.5. The minimum atomic E-state index is -1.32. The molecule has 9 nitrogen and oxygen atoms in total. The summed E-state index contributed by atoms with van der Waals surface area (Å²) in [5.74, 6) is -0.705. The predicted molar refractivity (Wildman–Crippen MR) is 132 cm³/mol. The Kier molecular flexibility index (Phi) is 9.41. The number of carbonyl (C=O) groups excluding carboxylic acids is 3. The van der Waals surface area contributed by atoms with Crippen molar-refractivity contribution in [1.82, 2.24) is 10.6 Å². The van der Waals surface area contributed by atoms with Crippen LogP contribution < -0.4 is 20.1 Å². The second-order valence-corrected chi connectivity index (χ2v) is 7.73. The van der Waals surface area contributed by atoms with Crippen molar-refractivity contribution >= 4 is 17.8 Å². The number of hydrogen-bond donors (Lipinski definition) is 3. The Labute approximate surface area is 209 Å². The van der Waals surface area contributed by atoms with Crippen LogP contribution >= 0.6 is 0 Å². The molecule has 0 aliphatic carbocycles. The summed E-state index contributed by atoms with van der Waals surface area (Å²) in [7, 11) is 3.13. The maximum Gasteiger partial charge on any atom is 0.331 e. The minimum absolute atomic E-state index is 0.323. The van der Waals surface area contributed by atoms with Crippen molar-refractivity contribution in [3.63, 3.8) is 0 Å². The van der Waals surface area contributed by atoms with Crippen LogP contribution in [0, 0.1) is 0 Å². The van der Waals surface area contributed by atoms with E-state index in [9.17, 15) is 19.5 Å². The van der Waals surface area contributed by atoms with Crippen LogP contribution in [0.4, 0.5) is 0 Å². The zero-order valence-electron chi connectivity index (χ0n) is 20.0. The first kappa shape index (κ1) is 26.2. The van der Waals surface area contributed by atoms with E-state index in [4.69, 9.17) is 14.2 Å². The molecule has 3 N–H and O–H groups in total. The fourth-order valence-corrected chi connectivity index (χ4v) is 3.40. The molecule has 2 amide bonds. The molecule has 0 saturated carbocycles. The standard InChI is InChI=1S/C27H28N2O7/c1-34-21-12-8-18(9-13-21)25(19-10-14-22(35-2)15-11-19)29-24(31)17-36-27(33)23(16-30)28-26(32)20-6-4-3-5-7-20/h3-15,23,25,30H,16-17H2,1-2H3,(H,28,32)(H,29,31). The van der Waals surface area contributed by atoms with E-state index in [1.807, 2.05) is 24.3 Å². The average molecular weight is 493 g/mol. The van der Waals surface area contributed by atoms with Gasteiger partial charge in [0.25, 0.3) is 11.8 Å². The molecule has 0 fully saturated rings. The van der Waals surface area contributed by atoms with E-state index in [1.54, 1.807) is 68.8 Å². The SMILES string of the molecule is COc1ccc(C(NC(=O)COC(=O)C(CO)NC(=O)c2ccccc2)c2ccc(OC)cc2)cc1. The third kappa shape index (κ3) is 7.07. The van der Waals surface area contributed by atoms with E-state index < -0.39 is 43.1 Å². The van der Waals surface area contributed by atoms with Gasteiger partial charge in [-0.25, -0.2) is 4.79 Å². The van der Waals surface area contributed by atoms with Crippen LogP contribution in [0.15, 0.2) is 78.9 Å². The number of rotatable bonds is 11. The number of esters is 1. The van der Waals surface area contributed by atoms with Crippen LogP contribution in [0.5, 0.6) is 11.5 Å². The van der Waals surface area contributed by atoms with Gasteiger partial charge in [0, 0.05) is 5.56 Å². The third-order valence-electron chi connectivity index (χ3n) is 5.36. The Morgan fingerprint density at radius 2 is 1.31 bits per heavy atom. The summed E-state index contributed by atoms with van der Waals surface area (Å²) in [6.07, 6.45) is 0. The van der Waals surface area contributed by atoms with Gasteiger partial charge in [0.2, 0.25) is 0 Å². The molecule has 0 aliphatic heterocycles. The minimum Gasteiger partial charge on any atom is -0.497 e. The zero-order chi connectivity index (χ0) is 25.9. The molecule has 3 rings (SSSR count). The van der Waals surface area contributed by atoms with Crippen LogP contribution in [0.2, 0.25) is 0 Å². The number of ether oxygens (including phenoxy) is 3. The summed E-state index contributed by atoms with van der Waals surface area (Å²) in [6, 6.07) is 20.8. The van der Waals surface area contributed by atoms with E-state index in [1.165, 1.54) is 0 Å². The highest BCUT2D eigenvalue weighted by Gasteiger charge is 2.24. The van der Waals surface area contributed by atoms with Crippen LogP contribution in [-0.4, -0.2) is 56.4 Å². The van der Waals surface area contributed by atoms with Crippen LogP contribution in [0.25, 0.3) is 0 Å². The lowest BCUT2D eigenvalue weighted by molar-refractivity contribution is -0.151. The molecule has 0 spiro atoms. The highest BCUT2D eigenvalue weighted by molar-refractivity contribution is 5.97. The Morgan fingerprint density at radius 1 is 0.778 bits per heavy atom. The molecular formula is C27H28N2O7. The predicted octanol–water partition coefficient (Wildman–Crippen LogP) is 2.24. The zero-order valence-corrected chi connectivity index (χ0v) is 20.0. The number of hydrogen-bond acceptors (Lipinski definition) is 7. The van der Waals surface area contributed by atoms with Crippen molar-refractivity contribution in [3.05, 3.63) is 95.6 Å². The van der Waals surface area contributed by atoms with E-state index in [-0.39, 0.29) is 0 Å². The Morgan fingerprint density at radius 3 is 1.78 bits per heavy atom. The number of benzene rings is 3. The molecule has 3 aromatic carbocycles. The summed E-state index contributed by atoms with van der Waals surface area (Å²) in [4.78, 5) is 37.4. The quantitative estimate of drug-likeness (QED) is 0.351. The first-order valence-electron chi connectivity index (χ1n) is 11.2. The van der Waals surface area contributed by atoms with Gasteiger partial charge in [0.15, 0.2) is 12.6 Å². The molecule has 0 aromatic heterocycles. The fraction of sp³-hybridized carbons (Fsp3) is 0.222. The van der Waals surface area contributed by atoms with Crippen molar-refractivity contribution in [2.24, 2.45) is 0 Å². The summed E-state index contributed by atoms with van der Waals surface area (Å²) in [6.45, 7) is -1.28. The molecule has 0 aliphatic rings. The molecule has 188 valence electrons. The summed E-state index contributed by atoms with van der Waals surface area (Å²) in [5.41, 5.74) is 1.89. The molecule has 0 bridgehead atoms. The third-order valence-corrected chi connectivity index (χ3v) is 5.36. The van der Waals surface area contributed by atoms with Crippen molar-refractivity contribution in [2.75, 3.05) is 27.4 Å². The normalized spacial score (nSPS) is 11.3. The van der Waals surface area contributed by atoms with Crippen LogP contribution in [-0.2, 0) is 14.3 Å². The topological polar surface area (TPSA) is 123 Å². The molecule has 3 aromatic rings. The van der Waals surface area contributed by atoms with Crippen molar-refractivity contribution in [1.29, 1.82) is 0 Å². The number of nitrogens with one attached hydrogen (secondary N) is 2. The maximum atomic E-state index is 12.7. The van der Waals surface area contributed by atoms with Crippen molar-refractivity contribution in [2.45, 2.75) is 12.1 Å². The molecule has 1 unspecified atom stereocenters. The number of amides is 2. The van der Waals surface area contributed by atoms with Gasteiger partial charge in [-0.2, -0.15) is 0 Å². The Hall–Kier alpha value is -4.37. The monoisotopic (exact) mass is 492 g/mol. The first-order chi connectivity index (χ1) is 17.4. The van der Waals surface area contributed by atoms with Gasteiger partial charge in [-0.1, -0.05) is 42.5 Å². The molecule has 1 atom stereocenters. The number of methoxy groups -OCH3 is 2. The van der Waals surface area contributed by atoms with E-state index >= 15 is 0 Å². The van der Waals surface area contributed by atoms with Gasteiger partial charge in [0.1, 0.15) is 11.5 Å². The van der Waals surface area contributed by atoms with E-state index in [2.05, 4.69) is 10.6 Å². The number of aliphatic hydroxyl groups excluding tert-OH is 1. The van der Waals surface area contributed by atoms with Gasteiger partial charge in [-0.15, -0.1) is 0 Å². The Balaban J connectivity index is 1.65. The van der Waals surface area contributed by atoms with Crippen LogP contribution in [0.1, 0.15) is 27.5 Å². The van der Waals surface area contributed by atoms with Crippen LogP contribution in [0.3, 0.4) is 0 Å². The van der Waals surface area contributed by atoms with Gasteiger partial charge < -0.3 is 30.0 Å². The summed E-state index contributed by atoms with van der Waals surface area (Å²) >= 11 is 0. The summed E-state index contributed by atoms with van der Waals surface area (Å²) in [5, 5.41) is 14.8. The maximum absolute atomic E-state index is 12.7. The highest BCUT2D eigenvalue weighted by Crippen LogP contribution is 2.26.